The molecule has 0 amide bonds. The van der Waals surface area contributed by atoms with Gasteiger partial charge >= 0.3 is 0 Å². The first-order valence-corrected chi connectivity index (χ1v) is 5.55. The molecule has 1 atom stereocenters. The second-order valence-corrected chi connectivity index (χ2v) is 5.06. The summed E-state index contributed by atoms with van der Waals surface area (Å²) in [5, 5.41) is 0.736. The predicted molar refractivity (Wildman–Crippen MR) is 59.9 cm³/mol. The van der Waals surface area contributed by atoms with Crippen LogP contribution in [-0.2, 0) is 6.42 Å². The molecule has 1 aromatic rings. The van der Waals surface area contributed by atoms with Gasteiger partial charge in [-0.3, -0.25) is 0 Å². The minimum absolute atomic E-state index is 0.736. The molecule has 1 heterocycles. The fraction of sp³-hybridized carbons (Fsp3) is 0.333. The van der Waals surface area contributed by atoms with Gasteiger partial charge in [-0.2, -0.15) is 0 Å². The first kappa shape index (κ1) is 8.89. The molecule has 1 aromatic carbocycles. The van der Waals surface area contributed by atoms with Gasteiger partial charge in [0.2, 0.25) is 0 Å². The molecule has 13 heavy (non-hydrogen) atoms. The van der Waals surface area contributed by atoms with Crippen LogP contribution in [-0.4, -0.2) is 5.25 Å². The molecule has 68 valence electrons. The van der Waals surface area contributed by atoms with Crippen LogP contribution in [0.2, 0.25) is 0 Å². The van der Waals surface area contributed by atoms with Crippen molar-refractivity contribution in [3.63, 3.8) is 0 Å². The largest absolute Gasteiger partial charge is 0.123 e. The Labute approximate surface area is 84.0 Å². The molecule has 0 N–H and O–H groups in total. The van der Waals surface area contributed by atoms with E-state index in [1.807, 2.05) is 11.8 Å². The number of benzene rings is 1. The molecule has 0 fully saturated rings. The molecule has 0 saturated heterocycles. The zero-order valence-corrected chi connectivity index (χ0v) is 8.90. The Bertz CT molecular complexity index is 324. The maximum Gasteiger partial charge on any atom is 0.0286 e. The summed E-state index contributed by atoms with van der Waals surface area (Å²) < 4.78 is 0. The standard InChI is InChI=1S/C12H14S/c1-9-12(10(2)13-9)8-11-6-4-3-5-7-11/h3-7,9H,8H2,1-2H3. The Hall–Kier alpha value is -0.690. The maximum atomic E-state index is 2.29. The van der Waals surface area contributed by atoms with Gasteiger partial charge in [-0.15, -0.1) is 11.8 Å². The van der Waals surface area contributed by atoms with Crippen LogP contribution in [0.4, 0.5) is 0 Å². The molecular weight excluding hydrogens is 176 g/mol. The Kier molecular flexibility index (Phi) is 2.45. The van der Waals surface area contributed by atoms with Crippen LogP contribution in [0.3, 0.4) is 0 Å². The van der Waals surface area contributed by atoms with E-state index >= 15 is 0 Å². The molecule has 0 radical (unpaired) electrons. The van der Waals surface area contributed by atoms with Crippen molar-refractivity contribution >= 4 is 11.8 Å². The van der Waals surface area contributed by atoms with Gasteiger partial charge in [0.05, 0.1) is 0 Å². The summed E-state index contributed by atoms with van der Waals surface area (Å²) in [7, 11) is 0. The lowest BCUT2D eigenvalue weighted by atomic mass is 10.0. The van der Waals surface area contributed by atoms with E-state index in [0.29, 0.717) is 0 Å². The molecule has 1 heteroatoms. The van der Waals surface area contributed by atoms with E-state index in [2.05, 4.69) is 44.2 Å². The van der Waals surface area contributed by atoms with Crippen LogP contribution in [0.15, 0.2) is 40.8 Å². The van der Waals surface area contributed by atoms with Gasteiger partial charge in [0.15, 0.2) is 0 Å². The van der Waals surface area contributed by atoms with Crippen molar-refractivity contribution in [1.82, 2.24) is 0 Å². The second-order valence-electron chi connectivity index (χ2n) is 3.50. The van der Waals surface area contributed by atoms with Crippen molar-refractivity contribution in [3.8, 4) is 0 Å². The van der Waals surface area contributed by atoms with Gasteiger partial charge in [-0.05, 0) is 36.3 Å². The number of rotatable bonds is 2. The molecule has 2 rings (SSSR count). The van der Waals surface area contributed by atoms with Crippen LogP contribution >= 0.6 is 11.8 Å². The summed E-state index contributed by atoms with van der Waals surface area (Å²) in [6.45, 7) is 4.51. The van der Waals surface area contributed by atoms with Crippen molar-refractivity contribution in [1.29, 1.82) is 0 Å². The summed E-state index contributed by atoms with van der Waals surface area (Å²) in [5.41, 5.74) is 3.06. The van der Waals surface area contributed by atoms with E-state index in [-0.39, 0.29) is 0 Å². The fourth-order valence-corrected chi connectivity index (χ4v) is 2.87. The third-order valence-corrected chi connectivity index (χ3v) is 3.79. The third-order valence-electron chi connectivity index (χ3n) is 2.53. The highest BCUT2D eigenvalue weighted by Crippen LogP contribution is 2.41. The monoisotopic (exact) mass is 190 g/mol. The minimum atomic E-state index is 0.736. The molecular formula is C12H14S. The van der Waals surface area contributed by atoms with Crippen LogP contribution in [0, 0.1) is 0 Å². The molecule has 1 aliphatic heterocycles. The van der Waals surface area contributed by atoms with E-state index in [4.69, 9.17) is 0 Å². The number of hydrogen-bond acceptors (Lipinski definition) is 1. The van der Waals surface area contributed by atoms with Gasteiger partial charge in [-0.1, -0.05) is 30.3 Å². The lowest BCUT2D eigenvalue weighted by Gasteiger charge is -2.28. The summed E-state index contributed by atoms with van der Waals surface area (Å²) in [5.74, 6) is 0. The molecule has 0 spiro atoms. The van der Waals surface area contributed by atoms with Gasteiger partial charge < -0.3 is 0 Å². The zero-order chi connectivity index (χ0) is 9.26. The summed E-state index contributed by atoms with van der Waals surface area (Å²) >= 11 is 1.99. The summed E-state index contributed by atoms with van der Waals surface area (Å²) in [6, 6.07) is 10.7. The highest BCUT2D eigenvalue weighted by molar-refractivity contribution is 8.05. The van der Waals surface area contributed by atoms with Crippen LogP contribution < -0.4 is 0 Å². The van der Waals surface area contributed by atoms with E-state index in [1.54, 1.807) is 5.57 Å². The molecule has 0 bridgehead atoms. The first-order chi connectivity index (χ1) is 6.27. The Morgan fingerprint density at radius 1 is 1.23 bits per heavy atom. The molecule has 0 aromatic heterocycles. The lowest BCUT2D eigenvalue weighted by Crippen LogP contribution is -2.14. The quantitative estimate of drug-likeness (QED) is 0.686. The predicted octanol–water partition coefficient (Wildman–Crippen LogP) is 3.64. The summed E-state index contributed by atoms with van der Waals surface area (Å²) in [6.07, 6.45) is 1.14. The average molecular weight is 190 g/mol. The third kappa shape index (κ3) is 1.80. The molecule has 0 nitrogen and oxygen atoms in total. The van der Waals surface area contributed by atoms with Crippen molar-refractivity contribution in [3.05, 3.63) is 46.4 Å². The first-order valence-electron chi connectivity index (χ1n) is 4.67. The van der Waals surface area contributed by atoms with Crippen molar-refractivity contribution in [2.75, 3.05) is 0 Å². The van der Waals surface area contributed by atoms with E-state index in [1.165, 1.54) is 10.5 Å². The average Bonchev–Trinajstić information content (AvgIpc) is 2.16. The van der Waals surface area contributed by atoms with Crippen molar-refractivity contribution in [2.24, 2.45) is 0 Å². The minimum Gasteiger partial charge on any atom is -0.123 e. The Morgan fingerprint density at radius 3 is 2.46 bits per heavy atom. The van der Waals surface area contributed by atoms with Crippen LogP contribution in [0.25, 0.3) is 0 Å². The molecule has 0 aliphatic carbocycles. The van der Waals surface area contributed by atoms with Crippen molar-refractivity contribution < 1.29 is 0 Å². The Morgan fingerprint density at radius 2 is 1.92 bits per heavy atom. The van der Waals surface area contributed by atoms with E-state index < -0.39 is 0 Å². The van der Waals surface area contributed by atoms with Gasteiger partial charge in [-0.25, -0.2) is 0 Å². The molecule has 0 saturated carbocycles. The second kappa shape index (κ2) is 3.59. The van der Waals surface area contributed by atoms with E-state index in [9.17, 15) is 0 Å². The maximum absolute atomic E-state index is 2.29. The van der Waals surface area contributed by atoms with Gasteiger partial charge in [0.1, 0.15) is 0 Å². The molecule has 1 aliphatic rings. The highest BCUT2D eigenvalue weighted by Gasteiger charge is 2.22. The molecule has 1 unspecified atom stereocenters. The van der Waals surface area contributed by atoms with Gasteiger partial charge in [0.25, 0.3) is 0 Å². The normalized spacial score (nSPS) is 21.5. The number of allylic oxidation sites excluding steroid dienone is 1. The number of hydrogen-bond donors (Lipinski definition) is 0. The lowest BCUT2D eigenvalue weighted by molar-refractivity contribution is 0.981. The van der Waals surface area contributed by atoms with Crippen molar-refractivity contribution in [2.45, 2.75) is 25.5 Å². The Balaban J connectivity index is 2.12. The fourth-order valence-electron chi connectivity index (χ4n) is 1.72. The van der Waals surface area contributed by atoms with Crippen LogP contribution in [0.5, 0.6) is 0 Å². The number of thioether (sulfide) groups is 1. The van der Waals surface area contributed by atoms with E-state index in [0.717, 1.165) is 11.7 Å². The summed E-state index contributed by atoms with van der Waals surface area (Å²) in [4.78, 5) is 1.52. The highest BCUT2D eigenvalue weighted by atomic mass is 32.2. The SMILES string of the molecule is CC1=C(Cc2ccccc2)C(C)S1. The zero-order valence-electron chi connectivity index (χ0n) is 8.08. The topological polar surface area (TPSA) is 0 Å². The smallest absolute Gasteiger partial charge is 0.0286 e. The van der Waals surface area contributed by atoms with Crippen LogP contribution in [0.1, 0.15) is 19.4 Å². The van der Waals surface area contributed by atoms with Gasteiger partial charge in [0, 0.05) is 5.25 Å².